The molecular weight excluding hydrogens is 410 g/mol. The van der Waals surface area contributed by atoms with Crippen LogP contribution in [0.4, 0.5) is 5.69 Å². The fraction of sp³-hybridized carbons (Fsp3) is 0.370. The number of H-pyrrole nitrogens is 1. The summed E-state index contributed by atoms with van der Waals surface area (Å²) in [5.74, 6) is 0.793. The van der Waals surface area contributed by atoms with E-state index in [4.69, 9.17) is 0 Å². The van der Waals surface area contributed by atoms with Crippen molar-refractivity contribution in [3.05, 3.63) is 54.5 Å². The Bertz CT molecular complexity index is 1300. The molecule has 5 rings (SSSR count). The molecule has 4 aromatic rings. The van der Waals surface area contributed by atoms with Crippen molar-refractivity contribution in [1.29, 1.82) is 0 Å². The van der Waals surface area contributed by atoms with Crippen LogP contribution in [0, 0.1) is 5.92 Å². The maximum Gasteiger partial charge on any atom is 0.163 e. The summed E-state index contributed by atoms with van der Waals surface area (Å²) >= 11 is 0. The van der Waals surface area contributed by atoms with Crippen molar-refractivity contribution in [2.45, 2.75) is 38.6 Å². The number of carbonyl (C=O) groups excluding carboxylic acids is 1. The van der Waals surface area contributed by atoms with Crippen molar-refractivity contribution in [3.63, 3.8) is 0 Å². The number of carbonyl (C=O) groups is 1. The molecule has 6 nitrogen and oxygen atoms in total. The third-order valence-corrected chi connectivity index (χ3v) is 6.82. The zero-order chi connectivity index (χ0) is 22.9. The van der Waals surface area contributed by atoms with Crippen molar-refractivity contribution in [2.24, 2.45) is 5.92 Å². The molecule has 2 aromatic carbocycles. The zero-order valence-electron chi connectivity index (χ0n) is 19.6. The molecule has 1 fully saturated rings. The van der Waals surface area contributed by atoms with Crippen molar-refractivity contribution in [3.8, 4) is 11.1 Å². The number of benzene rings is 2. The Morgan fingerprint density at radius 2 is 1.76 bits per heavy atom. The van der Waals surface area contributed by atoms with Crippen molar-refractivity contribution in [2.75, 3.05) is 26.0 Å². The molecule has 0 bridgehead atoms. The molecule has 0 amide bonds. The van der Waals surface area contributed by atoms with E-state index in [0.29, 0.717) is 11.6 Å². The third kappa shape index (κ3) is 4.48. The molecule has 0 aliphatic heterocycles. The second-order valence-corrected chi connectivity index (χ2v) is 9.59. The minimum Gasteiger partial charge on any atom is -0.381 e. The van der Waals surface area contributed by atoms with Crippen LogP contribution in [0.3, 0.4) is 0 Å². The average molecular weight is 442 g/mol. The van der Waals surface area contributed by atoms with Gasteiger partial charge in [-0.15, -0.1) is 0 Å². The van der Waals surface area contributed by atoms with Crippen LogP contribution in [0.15, 0.2) is 48.9 Å². The Balaban J connectivity index is 1.50. The highest BCUT2D eigenvalue weighted by Crippen LogP contribution is 2.34. The van der Waals surface area contributed by atoms with E-state index in [1.165, 1.54) is 12.8 Å². The summed E-state index contributed by atoms with van der Waals surface area (Å²) in [5.41, 5.74) is 6.65. The SMILES string of the molecule is CC(=O)c1cnc2ccc(-c3ccc4nc[nH]c4c3)cc2c1N[C@H]1CC[C@H](CN(C)C)CC1. The molecule has 2 heterocycles. The number of aromatic nitrogens is 3. The fourth-order valence-electron chi connectivity index (χ4n) is 5.12. The maximum atomic E-state index is 12.5. The highest BCUT2D eigenvalue weighted by atomic mass is 16.1. The molecule has 0 saturated heterocycles. The number of nitrogens with zero attached hydrogens (tertiary/aromatic N) is 3. The highest BCUT2D eigenvalue weighted by Gasteiger charge is 2.23. The fourth-order valence-corrected chi connectivity index (χ4v) is 5.12. The molecule has 2 aromatic heterocycles. The molecule has 1 aliphatic rings. The first-order chi connectivity index (χ1) is 16.0. The lowest BCUT2D eigenvalue weighted by atomic mass is 9.85. The molecule has 2 N–H and O–H groups in total. The van der Waals surface area contributed by atoms with Gasteiger partial charge in [-0.3, -0.25) is 9.78 Å². The van der Waals surface area contributed by atoms with Gasteiger partial charge in [0.1, 0.15) is 0 Å². The van der Waals surface area contributed by atoms with Gasteiger partial charge in [-0.2, -0.15) is 0 Å². The highest BCUT2D eigenvalue weighted by molar-refractivity contribution is 6.08. The van der Waals surface area contributed by atoms with Crippen LogP contribution >= 0.6 is 0 Å². The number of anilines is 1. The molecule has 1 aliphatic carbocycles. The molecule has 0 unspecified atom stereocenters. The van der Waals surface area contributed by atoms with Gasteiger partial charge in [-0.1, -0.05) is 12.1 Å². The number of Topliss-reactive ketones (excluding diaryl/α,β-unsaturated/α-hetero) is 1. The molecular formula is C27H31N5O. The Labute approximate surface area is 194 Å². The van der Waals surface area contributed by atoms with Crippen LogP contribution in [0.1, 0.15) is 43.0 Å². The van der Waals surface area contributed by atoms with Gasteiger partial charge in [0.15, 0.2) is 5.78 Å². The van der Waals surface area contributed by atoms with Crippen LogP contribution in [0.25, 0.3) is 33.1 Å². The Hall–Kier alpha value is -3.25. The van der Waals surface area contributed by atoms with E-state index in [2.05, 4.69) is 63.5 Å². The van der Waals surface area contributed by atoms with Crippen LogP contribution < -0.4 is 5.32 Å². The Morgan fingerprint density at radius 3 is 2.48 bits per heavy atom. The van der Waals surface area contributed by atoms with Crippen LogP contribution in [0.2, 0.25) is 0 Å². The second-order valence-electron chi connectivity index (χ2n) is 9.59. The maximum absolute atomic E-state index is 12.5. The predicted molar refractivity (Wildman–Crippen MR) is 135 cm³/mol. The molecule has 170 valence electrons. The summed E-state index contributed by atoms with van der Waals surface area (Å²) in [7, 11) is 4.29. The van der Waals surface area contributed by atoms with E-state index in [9.17, 15) is 4.79 Å². The largest absolute Gasteiger partial charge is 0.381 e. The van der Waals surface area contributed by atoms with Gasteiger partial charge in [0.2, 0.25) is 0 Å². The van der Waals surface area contributed by atoms with E-state index in [1.54, 1.807) is 19.4 Å². The van der Waals surface area contributed by atoms with Gasteiger partial charge < -0.3 is 15.2 Å². The van der Waals surface area contributed by atoms with E-state index in [1.807, 2.05) is 12.1 Å². The lowest BCUT2D eigenvalue weighted by Crippen LogP contribution is -2.31. The van der Waals surface area contributed by atoms with Gasteiger partial charge in [0.25, 0.3) is 0 Å². The summed E-state index contributed by atoms with van der Waals surface area (Å²) in [6.45, 7) is 2.77. The Kier molecular flexibility index (Phi) is 5.85. The normalized spacial score (nSPS) is 18.8. The minimum absolute atomic E-state index is 0.0393. The first-order valence-corrected chi connectivity index (χ1v) is 11.8. The monoisotopic (exact) mass is 441 g/mol. The van der Waals surface area contributed by atoms with E-state index in [-0.39, 0.29) is 5.78 Å². The standard InChI is InChI=1S/C27H31N5O/c1-17(33)23-14-28-24-10-6-19(20-7-11-25-26(13-20)30-16-29-25)12-22(24)27(23)31-21-8-4-18(5-9-21)15-32(2)3/h6-7,10-14,16,18,21H,4-5,8-9,15H2,1-3H3,(H,28,31)(H,29,30)/t18-,21-. The zero-order valence-corrected chi connectivity index (χ0v) is 19.6. The number of aromatic amines is 1. The number of hydrogen-bond donors (Lipinski definition) is 2. The summed E-state index contributed by atoms with van der Waals surface area (Å²) in [5, 5.41) is 4.76. The molecule has 0 spiro atoms. The van der Waals surface area contributed by atoms with Crippen LogP contribution in [-0.2, 0) is 0 Å². The molecule has 33 heavy (non-hydrogen) atoms. The van der Waals surface area contributed by atoms with Gasteiger partial charge in [0.05, 0.1) is 34.1 Å². The first-order valence-electron chi connectivity index (χ1n) is 11.8. The van der Waals surface area contributed by atoms with E-state index >= 15 is 0 Å². The number of rotatable bonds is 6. The van der Waals surface area contributed by atoms with Gasteiger partial charge in [-0.05, 0) is 88.0 Å². The number of fused-ring (bicyclic) bond motifs is 2. The number of ketones is 1. The average Bonchev–Trinajstić information content (AvgIpc) is 3.27. The van der Waals surface area contributed by atoms with Gasteiger partial charge >= 0.3 is 0 Å². The molecule has 1 saturated carbocycles. The topological polar surface area (TPSA) is 73.9 Å². The number of pyridine rings is 1. The van der Waals surface area contributed by atoms with Crippen molar-refractivity contribution in [1.82, 2.24) is 19.9 Å². The predicted octanol–water partition coefficient (Wildman–Crippen LogP) is 5.51. The second kappa shape index (κ2) is 8.94. The number of hydrogen-bond acceptors (Lipinski definition) is 5. The number of imidazole rings is 1. The first kappa shape index (κ1) is 21.6. The van der Waals surface area contributed by atoms with Crippen LogP contribution in [0.5, 0.6) is 0 Å². The smallest absolute Gasteiger partial charge is 0.163 e. The summed E-state index contributed by atoms with van der Waals surface area (Å²) < 4.78 is 0. The van der Waals surface area contributed by atoms with Gasteiger partial charge in [0, 0.05) is 24.2 Å². The number of nitrogens with one attached hydrogen (secondary N) is 2. The molecule has 0 radical (unpaired) electrons. The van der Waals surface area contributed by atoms with Crippen LogP contribution in [-0.4, -0.2) is 52.3 Å². The Morgan fingerprint density at radius 1 is 1.03 bits per heavy atom. The molecule has 0 atom stereocenters. The lowest BCUT2D eigenvalue weighted by Gasteiger charge is -2.32. The third-order valence-electron chi connectivity index (χ3n) is 6.82. The molecule has 6 heteroatoms. The van der Waals surface area contributed by atoms with Crippen molar-refractivity contribution >= 4 is 33.4 Å². The van der Waals surface area contributed by atoms with E-state index in [0.717, 1.165) is 64.1 Å². The van der Waals surface area contributed by atoms with E-state index < -0.39 is 0 Å². The van der Waals surface area contributed by atoms with Gasteiger partial charge in [-0.25, -0.2) is 4.98 Å². The summed E-state index contributed by atoms with van der Waals surface area (Å²) in [4.78, 5) is 26.9. The summed E-state index contributed by atoms with van der Waals surface area (Å²) in [6.07, 6.45) is 8.10. The van der Waals surface area contributed by atoms with Crippen molar-refractivity contribution < 1.29 is 4.79 Å². The lowest BCUT2D eigenvalue weighted by molar-refractivity contribution is 0.101. The summed E-state index contributed by atoms with van der Waals surface area (Å²) in [6, 6.07) is 12.9. The quantitative estimate of drug-likeness (QED) is 0.386. The minimum atomic E-state index is 0.0393.